The van der Waals surface area contributed by atoms with Gasteiger partial charge in [-0.3, -0.25) is 14.5 Å². The number of benzene rings is 2. The molecule has 1 N–H and O–H groups in total. The minimum Gasteiger partial charge on any atom is -0.445 e. The van der Waals surface area contributed by atoms with Crippen LogP contribution in [0, 0.1) is 5.92 Å². The second kappa shape index (κ2) is 8.49. The molecule has 0 aromatic heterocycles. The van der Waals surface area contributed by atoms with E-state index in [0.717, 1.165) is 5.56 Å². The number of hydrogen-bond donors (Lipinski definition) is 1. The van der Waals surface area contributed by atoms with Gasteiger partial charge in [0.2, 0.25) is 0 Å². The number of nitrogens with one attached hydrogen (secondary N) is 1. The summed E-state index contributed by atoms with van der Waals surface area (Å²) in [7, 11) is 0. The van der Waals surface area contributed by atoms with Crippen molar-refractivity contribution in [2.24, 2.45) is 5.92 Å². The number of alkyl carbamates (subject to hydrolysis) is 1. The monoisotopic (exact) mass is 366 g/mol. The van der Waals surface area contributed by atoms with Crippen molar-refractivity contribution < 1.29 is 19.1 Å². The molecule has 1 atom stereocenters. The highest BCUT2D eigenvalue weighted by molar-refractivity contribution is 6.21. The Morgan fingerprint density at radius 1 is 1.00 bits per heavy atom. The quantitative estimate of drug-likeness (QED) is 0.764. The Hall–Kier alpha value is -3.15. The van der Waals surface area contributed by atoms with E-state index in [-0.39, 0.29) is 24.3 Å². The lowest BCUT2D eigenvalue weighted by Gasteiger charge is -2.19. The molecule has 2 aromatic rings. The summed E-state index contributed by atoms with van der Waals surface area (Å²) in [5, 5.41) is 2.70. The van der Waals surface area contributed by atoms with Gasteiger partial charge in [0.05, 0.1) is 11.1 Å². The fourth-order valence-corrected chi connectivity index (χ4v) is 3.00. The predicted molar refractivity (Wildman–Crippen MR) is 100 cm³/mol. The number of amides is 3. The van der Waals surface area contributed by atoms with E-state index in [2.05, 4.69) is 5.32 Å². The number of hydrogen-bond acceptors (Lipinski definition) is 4. The van der Waals surface area contributed by atoms with Crippen LogP contribution < -0.4 is 5.32 Å². The first-order valence-corrected chi connectivity index (χ1v) is 8.96. The van der Waals surface area contributed by atoms with Gasteiger partial charge >= 0.3 is 6.09 Å². The van der Waals surface area contributed by atoms with Crippen LogP contribution in [0.2, 0.25) is 0 Å². The van der Waals surface area contributed by atoms with E-state index in [1.54, 1.807) is 24.3 Å². The van der Waals surface area contributed by atoms with Crippen LogP contribution in [-0.4, -0.2) is 35.9 Å². The SMILES string of the molecule is C[C@@H](CCNC(=O)OCc1ccccc1)CN1C(=O)c2ccccc2C1=O. The maximum absolute atomic E-state index is 12.4. The highest BCUT2D eigenvalue weighted by Gasteiger charge is 2.35. The van der Waals surface area contributed by atoms with Crippen molar-refractivity contribution in [3.8, 4) is 0 Å². The molecule has 0 saturated heterocycles. The van der Waals surface area contributed by atoms with Crippen molar-refractivity contribution in [3.05, 3.63) is 71.3 Å². The lowest BCUT2D eigenvalue weighted by Crippen LogP contribution is -2.35. The van der Waals surface area contributed by atoms with Crippen molar-refractivity contribution in [1.29, 1.82) is 0 Å². The summed E-state index contributed by atoms with van der Waals surface area (Å²) in [5.74, 6) is -0.447. The number of nitrogens with zero attached hydrogens (tertiary/aromatic N) is 1. The molecule has 3 amide bonds. The maximum Gasteiger partial charge on any atom is 0.407 e. The zero-order valence-electron chi connectivity index (χ0n) is 15.2. The molecule has 1 aliphatic rings. The molecule has 0 saturated carbocycles. The molecule has 27 heavy (non-hydrogen) atoms. The first-order valence-electron chi connectivity index (χ1n) is 8.96. The second-order valence-electron chi connectivity index (χ2n) is 6.65. The van der Waals surface area contributed by atoms with Gasteiger partial charge in [0.15, 0.2) is 0 Å². The number of carbonyl (C=O) groups excluding carboxylic acids is 3. The van der Waals surface area contributed by atoms with Gasteiger partial charge in [-0.1, -0.05) is 49.4 Å². The Bertz CT molecular complexity index is 800. The maximum atomic E-state index is 12.4. The molecule has 0 bridgehead atoms. The van der Waals surface area contributed by atoms with E-state index >= 15 is 0 Å². The van der Waals surface area contributed by atoms with E-state index in [1.165, 1.54) is 4.90 Å². The summed E-state index contributed by atoms with van der Waals surface area (Å²) in [6.07, 6.45) is 0.153. The summed E-state index contributed by atoms with van der Waals surface area (Å²) in [5.41, 5.74) is 1.83. The first-order chi connectivity index (χ1) is 13.1. The van der Waals surface area contributed by atoms with Gasteiger partial charge in [-0.25, -0.2) is 4.79 Å². The van der Waals surface area contributed by atoms with Crippen molar-refractivity contribution >= 4 is 17.9 Å². The zero-order chi connectivity index (χ0) is 19.2. The Balaban J connectivity index is 1.40. The van der Waals surface area contributed by atoms with Gasteiger partial charge in [-0.15, -0.1) is 0 Å². The highest BCUT2D eigenvalue weighted by Crippen LogP contribution is 2.23. The van der Waals surface area contributed by atoms with Crippen molar-refractivity contribution in [1.82, 2.24) is 10.2 Å². The molecule has 140 valence electrons. The second-order valence-corrected chi connectivity index (χ2v) is 6.65. The summed E-state index contributed by atoms with van der Waals surface area (Å²) < 4.78 is 5.15. The molecule has 0 spiro atoms. The average molecular weight is 366 g/mol. The molecule has 1 aliphatic heterocycles. The third kappa shape index (κ3) is 4.53. The minimum absolute atomic E-state index is 0.0571. The van der Waals surface area contributed by atoms with Crippen molar-refractivity contribution in [3.63, 3.8) is 0 Å². The van der Waals surface area contributed by atoms with Gasteiger partial charge in [0, 0.05) is 13.1 Å². The highest BCUT2D eigenvalue weighted by atomic mass is 16.5. The van der Waals surface area contributed by atoms with Crippen LogP contribution in [0.4, 0.5) is 4.79 Å². The Morgan fingerprint density at radius 3 is 2.22 bits per heavy atom. The van der Waals surface area contributed by atoms with Crippen LogP contribution >= 0.6 is 0 Å². The fourth-order valence-electron chi connectivity index (χ4n) is 3.00. The fraction of sp³-hybridized carbons (Fsp3) is 0.286. The number of imide groups is 1. The van der Waals surface area contributed by atoms with E-state index in [0.29, 0.717) is 30.6 Å². The summed E-state index contributed by atoms with van der Waals surface area (Å²) in [6, 6.07) is 16.3. The van der Waals surface area contributed by atoms with E-state index in [4.69, 9.17) is 4.74 Å². The molecular formula is C21H22N2O4. The summed E-state index contributed by atoms with van der Waals surface area (Å²) in [4.78, 5) is 37.7. The molecule has 0 aliphatic carbocycles. The molecular weight excluding hydrogens is 344 g/mol. The molecule has 0 radical (unpaired) electrons. The van der Waals surface area contributed by atoms with Crippen LogP contribution in [0.3, 0.4) is 0 Å². The molecule has 6 heteroatoms. The molecule has 0 unspecified atom stereocenters. The number of rotatable bonds is 7. The number of fused-ring (bicyclic) bond motifs is 1. The van der Waals surface area contributed by atoms with Gasteiger partial charge < -0.3 is 10.1 Å². The number of ether oxygens (including phenoxy) is 1. The smallest absolute Gasteiger partial charge is 0.407 e. The Kier molecular flexibility index (Phi) is 5.86. The first kappa shape index (κ1) is 18.6. The zero-order valence-corrected chi connectivity index (χ0v) is 15.2. The topological polar surface area (TPSA) is 75.7 Å². The van der Waals surface area contributed by atoms with Crippen LogP contribution in [0.5, 0.6) is 0 Å². The van der Waals surface area contributed by atoms with Gasteiger partial charge in [0.25, 0.3) is 11.8 Å². The van der Waals surface area contributed by atoms with Gasteiger partial charge in [-0.05, 0) is 30.0 Å². The van der Waals surface area contributed by atoms with Gasteiger partial charge in [0.1, 0.15) is 6.61 Å². The van der Waals surface area contributed by atoms with Crippen molar-refractivity contribution in [2.45, 2.75) is 20.0 Å². The standard InChI is InChI=1S/C21H22N2O4/c1-15(11-12-22-21(26)27-14-16-7-3-2-4-8-16)13-23-19(24)17-9-5-6-10-18(17)20(23)25/h2-10,15H,11-14H2,1H3,(H,22,26)/t15-/m0/s1. The van der Waals surface area contributed by atoms with Crippen LogP contribution in [0.15, 0.2) is 54.6 Å². The normalized spacial score (nSPS) is 14.0. The van der Waals surface area contributed by atoms with E-state index in [1.807, 2.05) is 37.3 Å². The lowest BCUT2D eigenvalue weighted by atomic mass is 10.1. The average Bonchev–Trinajstić information content (AvgIpc) is 2.92. The largest absolute Gasteiger partial charge is 0.445 e. The summed E-state index contributed by atoms with van der Waals surface area (Å²) >= 11 is 0. The minimum atomic E-state index is -0.480. The third-order valence-corrected chi connectivity index (χ3v) is 4.49. The number of carbonyl (C=O) groups is 3. The van der Waals surface area contributed by atoms with E-state index < -0.39 is 6.09 Å². The lowest BCUT2D eigenvalue weighted by molar-refractivity contribution is 0.0629. The predicted octanol–water partition coefficient (Wildman–Crippen LogP) is 3.24. The molecule has 0 fully saturated rings. The van der Waals surface area contributed by atoms with Gasteiger partial charge in [-0.2, -0.15) is 0 Å². The van der Waals surface area contributed by atoms with Crippen LogP contribution in [0.1, 0.15) is 39.6 Å². The summed E-state index contributed by atoms with van der Waals surface area (Å²) in [6.45, 7) is 2.91. The Labute approximate surface area is 158 Å². The third-order valence-electron chi connectivity index (χ3n) is 4.49. The van der Waals surface area contributed by atoms with Crippen molar-refractivity contribution in [2.75, 3.05) is 13.1 Å². The molecule has 2 aromatic carbocycles. The van der Waals surface area contributed by atoms with Crippen LogP contribution in [-0.2, 0) is 11.3 Å². The Morgan fingerprint density at radius 2 is 1.59 bits per heavy atom. The molecule has 3 rings (SSSR count). The van der Waals surface area contributed by atoms with Crippen LogP contribution in [0.25, 0.3) is 0 Å². The molecule has 1 heterocycles. The van der Waals surface area contributed by atoms with E-state index in [9.17, 15) is 14.4 Å². The molecule has 6 nitrogen and oxygen atoms in total.